The van der Waals surface area contributed by atoms with Gasteiger partial charge in [0.2, 0.25) is 11.9 Å². The summed E-state index contributed by atoms with van der Waals surface area (Å²) in [5.41, 5.74) is 4.39. The van der Waals surface area contributed by atoms with Crippen LogP contribution in [0.2, 0.25) is 0 Å². The average Bonchev–Trinajstić information content (AvgIpc) is 3.17. The Balaban J connectivity index is 1.53. The van der Waals surface area contributed by atoms with Gasteiger partial charge in [0.05, 0.1) is 5.69 Å². The number of carbonyl (C=O) groups is 1. The van der Waals surface area contributed by atoms with E-state index in [0.717, 1.165) is 37.3 Å². The van der Waals surface area contributed by atoms with Gasteiger partial charge in [0.1, 0.15) is 6.33 Å². The lowest BCUT2D eigenvalue weighted by atomic mass is 9.89. The molecular weight excluding hydrogens is 350 g/mol. The van der Waals surface area contributed by atoms with Gasteiger partial charge in [-0.25, -0.2) is 4.68 Å². The van der Waals surface area contributed by atoms with E-state index in [2.05, 4.69) is 40.5 Å². The summed E-state index contributed by atoms with van der Waals surface area (Å²) >= 11 is 0. The number of aryl methyl sites for hydroxylation is 1. The van der Waals surface area contributed by atoms with E-state index in [1.54, 1.807) is 17.9 Å². The lowest BCUT2D eigenvalue weighted by Crippen LogP contribution is -2.37. The Morgan fingerprint density at radius 1 is 1.18 bits per heavy atom. The van der Waals surface area contributed by atoms with E-state index in [-0.39, 0.29) is 5.91 Å². The Labute approximate surface area is 165 Å². The summed E-state index contributed by atoms with van der Waals surface area (Å²) < 4.78 is 1.75. The predicted octanol–water partition coefficient (Wildman–Crippen LogP) is 4.05. The number of rotatable bonds is 4. The number of hydrogen-bond acceptors (Lipinski definition) is 4. The molecule has 0 saturated carbocycles. The van der Waals surface area contributed by atoms with Gasteiger partial charge in [0.25, 0.3) is 0 Å². The van der Waals surface area contributed by atoms with E-state index >= 15 is 0 Å². The Morgan fingerprint density at radius 3 is 2.79 bits per heavy atom. The minimum Gasteiger partial charge on any atom is -0.342 e. The Bertz CT molecular complexity index is 966. The Kier molecular flexibility index (Phi) is 5.10. The molecule has 1 amide bonds. The van der Waals surface area contributed by atoms with Gasteiger partial charge >= 0.3 is 0 Å². The number of nitrogens with zero attached hydrogens (tertiary/aromatic N) is 4. The molecule has 1 N–H and O–H groups in total. The topological polar surface area (TPSA) is 63.1 Å². The van der Waals surface area contributed by atoms with E-state index in [0.29, 0.717) is 11.9 Å². The summed E-state index contributed by atoms with van der Waals surface area (Å²) in [7, 11) is 0. The predicted molar refractivity (Wildman–Crippen MR) is 110 cm³/mol. The van der Waals surface area contributed by atoms with E-state index in [4.69, 9.17) is 0 Å². The van der Waals surface area contributed by atoms with Crippen LogP contribution in [0.3, 0.4) is 0 Å². The molecule has 0 aliphatic carbocycles. The van der Waals surface area contributed by atoms with Crippen molar-refractivity contribution in [3.63, 3.8) is 0 Å². The zero-order valence-electron chi connectivity index (χ0n) is 16.3. The van der Waals surface area contributed by atoms with Gasteiger partial charge in [-0.2, -0.15) is 4.98 Å². The van der Waals surface area contributed by atoms with E-state index < -0.39 is 0 Å². The number of nitrogens with one attached hydrogen (secondary N) is 1. The maximum atomic E-state index is 11.8. The molecule has 1 aliphatic rings. The van der Waals surface area contributed by atoms with Gasteiger partial charge in [-0.1, -0.05) is 24.3 Å². The van der Waals surface area contributed by atoms with Crippen LogP contribution in [-0.2, 0) is 4.79 Å². The fourth-order valence-corrected chi connectivity index (χ4v) is 3.81. The number of aromatic nitrogens is 3. The Morgan fingerprint density at radius 2 is 2.00 bits per heavy atom. The average molecular weight is 375 g/mol. The van der Waals surface area contributed by atoms with Gasteiger partial charge in [-0.15, -0.1) is 5.10 Å². The minimum absolute atomic E-state index is 0.159. The van der Waals surface area contributed by atoms with Crippen LogP contribution in [0.4, 0.5) is 11.6 Å². The number of benzene rings is 2. The summed E-state index contributed by atoms with van der Waals surface area (Å²) in [6.07, 6.45) is 3.86. The molecule has 1 unspecified atom stereocenters. The van der Waals surface area contributed by atoms with Gasteiger partial charge in [0, 0.05) is 31.6 Å². The summed E-state index contributed by atoms with van der Waals surface area (Å²) in [6, 6.07) is 16.4. The number of para-hydroxylation sites is 1. The van der Waals surface area contributed by atoms with Crippen LogP contribution < -0.4 is 5.32 Å². The minimum atomic E-state index is 0.159. The van der Waals surface area contributed by atoms with E-state index in [9.17, 15) is 4.79 Å². The molecule has 3 aromatic rings. The highest BCUT2D eigenvalue weighted by molar-refractivity contribution is 5.73. The SMILES string of the molecule is CC(=O)N1CCCC(c2cc(C)cc(Nc3ncn(-c4ccccc4)n3)c2)C1. The Hall–Kier alpha value is -3.15. The molecule has 6 heteroatoms. The van der Waals surface area contributed by atoms with Gasteiger partial charge in [-0.3, -0.25) is 4.79 Å². The second kappa shape index (κ2) is 7.84. The molecule has 0 spiro atoms. The fraction of sp³-hybridized carbons (Fsp3) is 0.318. The molecule has 1 aliphatic heterocycles. The quantitative estimate of drug-likeness (QED) is 0.747. The van der Waals surface area contributed by atoms with Gasteiger partial charge in [-0.05, 0) is 55.2 Å². The molecule has 1 fully saturated rings. The summed E-state index contributed by atoms with van der Waals surface area (Å²) in [5.74, 6) is 1.09. The first-order valence-electron chi connectivity index (χ1n) is 9.70. The number of carbonyl (C=O) groups excluding carboxylic acids is 1. The van der Waals surface area contributed by atoms with Gasteiger partial charge < -0.3 is 10.2 Å². The monoisotopic (exact) mass is 375 g/mol. The molecule has 2 aromatic carbocycles. The molecule has 6 nitrogen and oxygen atoms in total. The number of anilines is 2. The third-order valence-electron chi connectivity index (χ3n) is 5.21. The molecule has 2 heterocycles. The van der Waals surface area contributed by atoms with Crippen LogP contribution in [-0.4, -0.2) is 38.7 Å². The van der Waals surface area contributed by atoms with Crippen LogP contribution in [0.25, 0.3) is 5.69 Å². The number of piperidine rings is 1. The summed E-state index contributed by atoms with van der Waals surface area (Å²) in [5, 5.41) is 7.85. The number of amides is 1. The van der Waals surface area contributed by atoms with Crippen molar-refractivity contribution in [3.05, 3.63) is 66.0 Å². The third kappa shape index (κ3) is 4.06. The first-order chi connectivity index (χ1) is 13.6. The zero-order valence-corrected chi connectivity index (χ0v) is 16.3. The van der Waals surface area contributed by atoms with Crippen molar-refractivity contribution >= 4 is 17.5 Å². The van der Waals surface area contributed by atoms with Crippen molar-refractivity contribution < 1.29 is 4.79 Å². The molecule has 1 aromatic heterocycles. The molecule has 28 heavy (non-hydrogen) atoms. The highest BCUT2D eigenvalue weighted by Gasteiger charge is 2.23. The highest BCUT2D eigenvalue weighted by Crippen LogP contribution is 2.30. The molecule has 4 rings (SSSR count). The van der Waals surface area contributed by atoms with Crippen molar-refractivity contribution in [3.8, 4) is 5.69 Å². The molecular formula is C22H25N5O. The molecule has 1 atom stereocenters. The van der Waals surface area contributed by atoms with Crippen molar-refractivity contribution in [2.75, 3.05) is 18.4 Å². The van der Waals surface area contributed by atoms with Crippen molar-refractivity contribution in [1.82, 2.24) is 19.7 Å². The highest BCUT2D eigenvalue weighted by atomic mass is 16.2. The maximum absolute atomic E-state index is 11.8. The first-order valence-corrected chi connectivity index (χ1v) is 9.70. The van der Waals surface area contributed by atoms with Crippen LogP contribution in [0.5, 0.6) is 0 Å². The number of hydrogen-bond donors (Lipinski definition) is 1. The molecule has 144 valence electrons. The van der Waals surface area contributed by atoms with Crippen molar-refractivity contribution in [2.24, 2.45) is 0 Å². The fourth-order valence-electron chi connectivity index (χ4n) is 3.81. The smallest absolute Gasteiger partial charge is 0.246 e. The first kappa shape index (κ1) is 18.2. The normalized spacial score (nSPS) is 16.8. The lowest BCUT2D eigenvalue weighted by Gasteiger charge is -2.32. The van der Waals surface area contributed by atoms with Crippen LogP contribution in [0.1, 0.15) is 36.8 Å². The van der Waals surface area contributed by atoms with Crippen molar-refractivity contribution in [1.29, 1.82) is 0 Å². The standard InChI is InChI=1S/C22H25N5O/c1-16-11-19(18-7-6-10-26(14-18)17(2)28)13-20(12-16)24-22-23-15-27(25-22)21-8-4-3-5-9-21/h3-5,8-9,11-13,15,18H,6-7,10,14H2,1-2H3,(H,24,25). The second-order valence-electron chi connectivity index (χ2n) is 7.41. The second-order valence-corrected chi connectivity index (χ2v) is 7.41. The largest absolute Gasteiger partial charge is 0.342 e. The summed E-state index contributed by atoms with van der Waals surface area (Å²) in [6.45, 7) is 5.40. The zero-order chi connectivity index (χ0) is 19.5. The van der Waals surface area contributed by atoms with Crippen molar-refractivity contribution in [2.45, 2.75) is 32.6 Å². The van der Waals surface area contributed by atoms with E-state index in [1.165, 1.54) is 11.1 Å². The molecule has 0 radical (unpaired) electrons. The number of likely N-dealkylation sites (tertiary alicyclic amines) is 1. The van der Waals surface area contributed by atoms with Crippen LogP contribution >= 0.6 is 0 Å². The summed E-state index contributed by atoms with van der Waals surface area (Å²) in [4.78, 5) is 18.1. The lowest BCUT2D eigenvalue weighted by molar-refractivity contribution is -0.130. The van der Waals surface area contributed by atoms with Crippen LogP contribution in [0.15, 0.2) is 54.9 Å². The van der Waals surface area contributed by atoms with E-state index in [1.807, 2.05) is 35.2 Å². The molecule has 1 saturated heterocycles. The van der Waals surface area contributed by atoms with Crippen LogP contribution in [0, 0.1) is 6.92 Å². The third-order valence-corrected chi connectivity index (χ3v) is 5.21. The molecule has 0 bridgehead atoms. The van der Waals surface area contributed by atoms with Gasteiger partial charge in [0.15, 0.2) is 0 Å². The maximum Gasteiger partial charge on any atom is 0.246 e.